The predicted molar refractivity (Wildman–Crippen MR) is 56.7 cm³/mol. The van der Waals surface area contributed by atoms with Gasteiger partial charge in [-0.1, -0.05) is 0 Å². The number of ketones is 1. The fraction of sp³-hybridized carbons (Fsp3) is 0.500. The molecule has 0 spiro atoms. The summed E-state index contributed by atoms with van der Waals surface area (Å²) in [6, 6.07) is 0. The summed E-state index contributed by atoms with van der Waals surface area (Å²) in [5.41, 5.74) is -0.737. The Morgan fingerprint density at radius 1 is 1.53 bits per heavy atom. The highest BCUT2D eigenvalue weighted by Gasteiger charge is 2.34. The van der Waals surface area contributed by atoms with E-state index in [1.165, 1.54) is 6.20 Å². The number of H-pyrrole nitrogens is 1. The molecule has 0 aliphatic carbocycles. The van der Waals surface area contributed by atoms with E-state index in [-0.39, 0.29) is 12.2 Å². The lowest BCUT2D eigenvalue weighted by molar-refractivity contribution is -0.124. The summed E-state index contributed by atoms with van der Waals surface area (Å²) in [5, 5.41) is 8.88. The molecule has 2 heterocycles. The predicted octanol–water partition coefficient (Wildman–Crippen LogP) is -1.31. The lowest BCUT2D eigenvalue weighted by Gasteiger charge is -2.13. The SMILES string of the molecule is Cc1cn([C@H]2CC(=O)C(CO)O2)c(=O)[nH]c1=O. The number of aromatic nitrogens is 2. The molecule has 0 aromatic carbocycles. The second-order valence-electron chi connectivity index (χ2n) is 3.91. The van der Waals surface area contributed by atoms with Crippen LogP contribution >= 0.6 is 0 Å². The molecule has 0 amide bonds. The zero-order valence-corrected chi connectivity index (χ0v) is 9.17. The van der Waals surface area contributed by atoms with Crippen LogP contribution in [-0.4, -0.2) is 33.2 Å². The first-order valence-electron chi connectivity index (χ1n) is 5.14. The summed E-state index contributed by atoms with van der Waals surface area (Å²) >= 11 is 0. The number of nitrogens with zero attached hydrogens (tertiary/aromatic N) is 1. The molecule has 7 nitrogen and oxygen atoms in total. The Kier molecular flexibility index (Phi) is 2.95. The number of nitrogens with one attached hydrogen (secondary N) is 1. The lowest BCUT2D eigenvalue weighted by atomic mass is 10.2. The molecule has 1 aromatic heterocycles. The van der Waals surface area contributed by atoms with Crippen LogP contribution < -0.4 is 11.2 Å². The first-order valence-corrected chi connectivity index (χ1v) is 5.14. The molecule has 2 atom stereocenters. The molecule has 92 valence electrons. The molecule has 1 fully saturated rings. The quantitative estimate of drug-likeness (QED) is 0.668. The van der Waals surface area contributed by atoms with Gasteiger partial charge in [-0.2, -0.15) is 0 Å². The number of aliphatic hydroxyl groups excluding tert-OH is 1. The first-order chi connectivity index (χ1) is 8.02. The van der Waals surface area contributed by atoms with Gasteiger partial charge < -0.3 is 9.84 Å². The van der Waals surface area contributed by atoms with Crippen molar-refractivity contribution in [2.24, 2.45) is 0 Å². The van der Waals surface area contributed by atoms with Crippen molar-refractivity contribution in [2.45, 2.75) is 25.7 Å². The van der Waals surface area contributed by atoms with E-state index >= 15 is 0 Å². The molecule has 1 aromatic rings. The minimum Gasteiger partial charge on any atom is -0.393 e. The van der Waals surface area contributed by atoms with Crippen molar-refractivity contribution in [3.05, 3.63) is 32.6 Å². The van der Waals surface area contributed by atoms with Gasteiger partial charge in [-0.3, -0.25) is 19.1 Å². The molecule has 7 heteroatoms. The minimum absolute atomic E-state index is 0.0105. The first kappa shape index (κ1) is 11.7. The van der Waals surface area contributed by atoms with Crippen molar-refractivity contribution in [3.8, 4) is 0 Å². The molecule has 0 bridgehead atoms. The highest BCUT2D eigenvalue weighted by molar-refractivity contribution is 5.85. The second-order valence-corrected chi connectivity index (χ2v) is 3.91. The van der Waals surface area contributed by atoms with Crippen LogP contribution in [0.25, 0.3) is 0 Å². The summed E-state index contributed by atoms with van der Waals surface area (Å²) < 4.78 is 6.38. The van der Waals surface area contributed by atoms with E-state index in [2.05, 4.69) is 4.98 Å². The Labute approximate surface area is 95.7 Å². The van der Waals surface area contributed by atoms with Crippen LogP contribution in [0.15, 0.2) is 15.8 Å². The Morgan fingerprint density at radius 2 is 2.24 bits per heavy atom. The number of hydrogen-bond donors (Lipinski definition) is 2. The molecule has 17 heavy (non-hydrogen) atoms. The monoisotopic (exact) mass is 240 g/mol. The van der Waals surface area contributed by atoms with Crippen LogP contribution in [0, 0.1) is 6.92 Å². The lowest BCUT2D eigenvalue weighted by Crippen LogP contribution is -2.33. The maximum absolute atomic E-state index is 11.5. The average Bonchev–Trinajstić information content (AvgIpc) is 2.65. The molecule has 1 saturated heterocycles. The van der Waals surface area contributed by atoms with E-state index in [9.17, 15) is 14.4 Å². The van der Waals surface area contributed by atoms with Crippen LogP contribution in [0.1, 0.15) is 18.2 Å². The molecule has 1 unspecified atom stereocenters. The molecule has 0 radical (unpaired) electrons. The van der Waals surface area contributed by atoms with E-state index < -0.39 is 30.2 Å². The average molecular weight is 240 g/mol. The van der Waals surface area contributed by atoms with Crippen LogP contribution in [0.5, 0.6) is 0 Å². The zero-order valence-electron chi connectivity index (χ0n) is 9.17. The van der Waals surface area contributed by atoms with Crippen LogP contribution in [-0.2, 0) is 9.53 Å². The highest BCUT2D eigenvalue weighted by atomic mass is 16.5. The third-order valence-electron chi connectivity index (χ3n) is 2.68. The highest BCUT2D eigenvalue weighted by Crippen LogP contribution is 2.23. The number of rotatable bonds is 2. The molecule has 2 rings (SSSR count). The van der Waals surface area contributed by atoms with Gasteiger partial charge in [0.05, 0.1) is 13.0 Å². The Morgan fingerprint density at radius 3 is 2.82 bits per heavy atom. The summed E-state index contributed by atoms with van der Waals surface area (Å²) in [7, 11) is 0. The third-order valence-corrected chi connectivity index (χ3v) is 2.68. The van der Waals surface area contributed by atoms with Crippen molar-refractivity contribution < 1.29 is 14.6 Å². The van der Waals surface area contributed by atoms with E-state index in [0.717, 1.165) is 4.57 Å². The minimum atomic E-state index is -0.890. The van der Waals surface area contributed by atoms with Crippen LogP contribution in [0.4, 0.5) is 0 Å². The third kappa shape index (κ3) is 2.06. The zero-order chi connectivity index (χ0) is 12.6. The maximum Gasteiger partial charge on any atom is 0.330 e. The van der Waals surface area contributed by atoms with Gasteiger partial charge in [-0.05, 0) is 6.92 Å². The summed E-state index contributed by atoms with van der Waals surface area (Å²) in [6.45, 7) is 1.14. The van der Waals surface area contributed by atoms with Gasteiger partial charge in [0, 0.05) is 11.8 Å². The number of ether oxygens (including phenoxy) is 1. The Bertz CT molecular complexity index is 559. The molecule has 0 saturated carbocycles. The summed E-state index contributed by atoms with van der Waals surface area (Å²) in [4.78, 5) is 36.2. The number of carbonyl (C=O) groups is 1. The van der Waals surface area contributed by atoms with E-state index in [4.69, 9.17) is 9.84 Å². The summed E-state index contributed by atoms with van der Waals surface area (Å²) in [6.07, 6.45) is -0.294. The van der Waals surface area contributed by atoms with Gasteiger partial charge >= 0.3 is 5.69 Å². The molecule has 1 aliphatic rings. The fourth-order valence-electron chi connectivity index (χ4n) is 1.73. The standard InChI is InChI=1S/C10H12N2O5/c1-5-3-12(10(16)11-9(5)15)8-2-6(14)7(4-13)17-8/h3,7-8,13H,2,4H2,1H3,(H,11,15,16)/t7?,8-/m1/s1. The van der Waals surface area contributed by atoms with Crippen molar-refractivity contribution in [1.29, 1.82) is 0 Å². The topological polar surface area (TPSA) is 101 Å². The van der Waals surface area contributed by atoms with Crippen LogP contribution in [0.3, 0.4) is 0 Å². The smallest absolute Gasteiger partial charge is 0.330 e. The number of aliphatic hydroxyl groups is 1. The maximum atomic E-state index is 11.5. The summed E-state index contributed by atoms with van der Waals surface area (Å²) in [5.74, 6) is -0.256. The number of aryl methyl sites for hydroxylation is 1. The van der Waals surface area contributed by atoms with Crippen molar-refractivity contribution in [3.63, 3.8) is 0 Å². The van der Waals surface area contributed by atoms with Gasteiger partial charge in [0.25, 0.3) is 5.56 Å². The van der Waals surface area contributed by atoms with Crippen molar-refractivity contribution >= 4 is 5.78 Å². The van der Waals surface area contributed by atoms with Gasteiger partial charge in [-0.15, -0.1) is 0 Å². The Balaban J connectivity index is 2.37. The second kappa shape index (κ2) is 4.27. The van der Waals surface area contributed by atoms with Gasteiger partial charge in [0.15, 0.2) is 5.78 Å². The number of hydrogen-bond acceptors (Lipinski definition) is 5. The number of carbonyl (C=O) groups excluding carboxylic acids is 1. The van der Waals surface area contributed by atoms with Crippen molar-refractivity contribution in [1.82, 2.24) is 9.55 Å². The van der Waals surface area contributed by atoms with Crippen molar-refractivity contribution in [2.75, 3.05) is 6.61 Å². The largest absolute Gasteiger partial charge is 0.393 e. The molecule has 2 N–H and O–H groups in total. The van der Waals surface area contributed by atoms with E-state index in [1.54, 1.807) is 6.92 Å². The van der Waals surface area contributed by atoms with Crippen LogP contribution in [0.2, 0.25) is 0 Å². The van der Waals surface area contributed by atoms with Gasteiger partial charge in [0.2, 0.25) is 0 Å². The molecular formula is C10H12N2O5. The molecular weight excluding hydrogens is 228 g/mol. The normalized spacial score (nSPS) is 24.2. The molecule has 1 aliphatic heterocycles. The number of aromatic amines is 1. The number of Topliss-reactive ketones (excluding diaryl/α,β-unsaturated/α-hetero) is 1. The van der Waals surface area contributed by atoms with E-state index in [0.29, 0.717) is 5.56 Å². The van der Waals surface area contributed by atoms with Gasteiger partial charge in [-0.25, -0.2) is 4.79 Å². The Hall–Kier alpha value is -1.73. The van der Waals surface area contributed by atoms with E-state index in [1.807, 2.05) is 0 Å². The fourth-order valence-corrected chi connectivity index (χ4v) is 1.73. The van der Waals surface area contributed by atoms with Gasteiger partial charge in [0.1, 0.15) is 12.3 Å².